The number of hydrogen-bond acceptors (Lipinski definition) is 5. The zero-order valence-corrected chi connectivity index (χ0v) is 30.4. The first kappa shape index (κ1) is 38.0. The second-order valence-electron chi connectivity index (χ2n) is 13.8. The highest BCUT2D eigenvalue weighted by Gasteiger charge is 2.32. The van der Waals surface area contributed by atoms with Crippen LogP contribution in [-0.2, 0) is 14.3 Å². The molecular formula is C33H48Br2F2O5S. The third-order valence-corrected chi connectivity index (χ3v) is 9.63. The molecule has 10 heteroatoms. The summed E-state index contributed by atoms with van der Waals surface area (Å²) in [6.45, 7) is 13.7. The highest BCUT2D eigenvalue weighted by molar-refractivity contribution is 9.10. The lowest BCUT2D eigenvalue weighted by atomic mass is 9.72. The van der Waals surface area contributed by atoms with E-state index in [0.717, 1.165) is 61.2 Å². The smallest absolute Gasteiger partial charge is 0.264 e. The van der Waals surface area contributed by atoms with Gasteiger partial charge in [-0.15, -0.1) is 0 Å². The quantitative estimate of drug-likeness (QED) is 0.315. The Balaban J connectivity index is 0.000000240. The standard InChI is InChI=1S/C16H22BrFO.C11H22O3S.C6H4BrFO/c1-16(2,3)11-4-6-14(7-5-11)19-15-9-12(17)8-13(18)10-15;1-11(2,3)9-5-7-10(8-6-9)14-15(4,12)13;7-4-1-5(8)3-6(9)2-4/h8-11,14H,4-7H2,1-3H3;9-10H,5-8H2,1-4H3;1-3,9H. The van der Waals surface area contributed by atoms with Crippen molar-refractivity contribution in [3.05, 3.63) is 57.0 Å². The van der Waals surface area contributed by atoms with E-state index >= 15 is 0 Å². The summed E-state index contributed by atoms with van der Waals surface area (Å²) in [6.07, 6.45) is 9.69. The molecule has 4 rings (SSSR count). The van der Waals surface area contributed by atoms with E-state index < -0.39 is 15.9 Å². The van der Waals surface area contributed by atoms with Crippen LogP contribution in [0.15, 0.2) is 45.3 Å². The maximum absolute atomic E-state index is 13.3. The molecule has 0 heterocycles. The summed E-state index contributed by atoms with van der Waals surface area (Å²) in [5, 5.41) is 8.72. The number of phenolic OH excluding ortho intramolecular Hbond substituents is 1. The summed E-state index contributed by atoms with van der Waals surface area (Å²) in [4.78, 5) is 0. The van der Waals surface area contributed by atoms with Crippen molar-refractivity contribution in [2.45, 2.75) is 105 Å². The fourth-order valence-corrected chi connectivity index (χ4v) is 7.23. The number of rotatable bonds is 4. The maximum atomic E-state index is 13.3. The molecule has 0 radical (unpaired) electrons. The van der Waals surface area contributed by atoms with E-state index in [-0.39, 0.29) is 23.8 Å². The predicted molar refractivity (Wildman–Crippen MR) is 177 cm³/mol. The highest BCUT2D eigenvalue weighted by Crippen LogP contribution is 2.40. The van der Waals surface area contributed by atoms with Crippen LogP contribution >= 0.6 is 31.9 Å². The molecule has 0 saturated heterocycles. The van der Waals surface area contributed by atoms with Crippen LogP contribution in [0.1, 0.15) is 92.9 Å². The summed E-state index contributed by atoms with van der Waals surface area (Å²) >= 11 is 6.31. The van der Waals surface area contributed by atoms with Crippen molar-refractivity contribution in [3.8, 4) is 11.5 Å². The SMILES string of the molecule is CC(C)(C)C1CCC(OS(C)(=O)=O)CC1.CC(C)(C)C1CCC(Oc2cc(F)cc(Br)c2)CC1.Oc1cc(F)cc(Br)c1. The fraction of sp³-hybridized carbons (Fsp3) is 0.636. The van der Waals surface area contributed by atoms with Crippen molar-refractivity contribution in [1.29, 1.82) is 0 Å². The normalized spacial score (nSPS) is 22.9. The van der Waals surface area contributed by atoms with Gasteiger partial charge in [-0.05, 0) is 98.3 Å². The van der Waals surface area contributed by atoms with Gasteiger partial charge in [0.1, 0.15) is 23.1 Å². The van der Waals surface area contributed by atoms with Crippen molar-refractivity contribution in [2.75, 3.05) is 6.26 Å². The summed E-state index contributed by atoms with van der Waals surface area (Å²) in [7, 11) is -3.28. The van der Waals surface area contributed by atoms with Crippen molar-refractivity contribution in [3.63, 3.8) is 0 Å². The van der Waals surface area contributed by atoms with E-state index in [4.69, 9.17) is 14.0 Å². The number of benzene rings is 2. The van der Waals surface area contributed by atoms with Crippen LogP contribution in [0.5, 0.6) is 11.5 Å². The Morgan fingerprint density at radius 2 is 1.12 bits per heavy atom. The molecule has 2 aliphatic rings. The van der Waals surface area contributed by atoms with Crippen LogP contribution in [-0.4, -0.2) is 32.0 Å². The van der Waals surface area contributed by atoms with Crippen molar-refractivity contribution in [2.24, 2.45) is 22.7 Å². The Morgan fingerprint density at radius 1 is 0.698 bits per heavy atom. The molecule has 0 aliphatic heterocycles. The van der Waals surface area contributed by atoms with Crippen LogP contribution in [0.25, 0.3) is 0 Å². The summed E-state index contributed by atoms with van der Waals surface area (Å²) < 4.78 is 59.6. The average Bonchev–Trinajstić information content (AvgIpc) is 2.82. The first-order valence-corrected chi connectivity index (χ1v) is 18.3. The molecule has 2 aliphatic carbocycles. The molecule has 0 bridgehead atoms. The molecule has 2 aromatic rings. The van der Waals surface area contributed by atoms with Gasteiger partial charge in [-0.2, -0.15) is 8.42 Å². The number of ether oxygens (including phenoxy) is 1. The van der Waals surface area contributed by atoms with Gasteiger partial charge in [-0.1, -0.05) is 73.4 Å². The van der Waals surface area contributed by atoms with E-state index in [1.54, 1.807) is 0 Å². The van der Waals surface area contributed by atoms with Gasteiger partial charge >= 0.3 is 0 Å². The Labute approximate surface area is 274 Å². The largest absolute Gasteiger partial charge is 0.508 e. The Hall–Kier alpha value is -1.23. The van der Waals surface area contributed by atoms with Crippen molar-refractivity contribution >= 4 is 42.0 Å². The van der Waals surface area contributed by atoms with Gasteiger partial charge in [0.05, 0.1) is 18.5 Å². The molecule has 43 heavy (non-hydrogen) atoms. The monoisotopic (exact) mass is 752 g/mol. The maximum Gasteiger partial charge on any atom is 0.264 e. The second-order valence-corrected chi connectivity index (χ2v) is 17.3. The molecule has 0 atom stereocenters. The van der Waals surface area contributed by atoms with Crippen LogP contribution in [0.4, 0.5) is 8.78 Å². The Bertz CT molecular complexity index is 1190. The van der Waals surface area contributed by atoms with Crippen molar-refractivity contribution < 1.29 is 31.2 Å². The molecule has 2 saturated carbocycles. The van der Waals surface area contributed by atoms with Crippen LogP contribution in [0, 0.1) is 34.3 Å². The third kappa shape index (κ3) is 15.1. The first-order chi connectivity index (χ1) is 19.7. The van der Waals surface area contributed by atoms with E-state index in [0.29, 0.717) is 27.0 Å². The van der Waals surface area contributed by atoms with Gasteiger partial charge in [0.15, 0.2) is 0 Å². The lowest BCUT2D eigenvalue weighted by Gasteiger charge is -2.36. The molecule has 2 fully saturated rings. The van der Waals surface area contributed by atoms with Gasteiger partial charge in [0.25, 0.3) is 10.1 Å². The van der Waals surface area contributed by atoms with Crippen LogP contribution in [0.3, 0.4) is 0 Å². The molecule has 2 aromatic carbocycles. The number of phenols is 1. The lowest BCUT2D eigenvalue weighted by molar-refractivity contribution is 0.0879. The predicted octanol–water partition coefficient (Wildman–Crippen LogP) is 10.4. The van der Waals surface area contributed by atoms with Gasteiger partial charge in [0.2, 0.25) is 0 Å². The van der Waals surface area contributed by atoms with Gasteiger partial charge < -0.3 is 9.84 Å². The molecule has 0 unspecified atom stereocenters. The van der Waals surface area contributed by atoms with E-state index in [9.17, 15) is 17.2 Å². The zero-order valence-electron chi connectivity index (χ0n) is 26.4. The summed E-state index contributed by atoms with van der Waals surface area (Å²) in [6, 6.07) is 8.48. The second kappa shape index (κ2) is 16.4. The van der Waals surface area contributed by atoms with E-state index in [2.05, 4.69) is 73.4 Å². The van der Waals surface area contributed by atoms with Crippen molar-refractivity contribution in [1.82, 2.24) is 0 Å². The highest BCUT2D eigenvalue weighted by atomic mass is 79.9. The molecule has 5 nitrogen and oxygen atoms in total. The molecule has 244 valence electrons. The molecule has 0 amide bonds. The minimum Gasteiger partial charge on any atom is -0.508 e. The van der Waals surface area contributed by atoms with Crippen LogP contribution in [0.2, 0.25) is 0 Å². The third-order valence-electron chi connectivity index (χ3n) is 8.09. The molecular weight excluding hydrogens is 706 g/mol. The average molecular weight is 755 g/mol. The van der Waals surface area contributed by atoms with E-state index in [1.165, 1.54) is 37.1 Å². The fourth-order valence-electron chi connectivity index (χ4n) is 5.65. The number of aromatic hydroxyl groups is 1. The Kier molecular flexibility index (Phi) is 14.4. The zero-order chi connectivity index (χ0) is 32.6. The minimum atomic E-state index is -3.28. The number of halogens is 4. The Morgan fingerprint density at radius 3 is 1.49 bits per heavy atom. The van der Waals surface area contributed by atoms with Gasteiger partial charge in [-0.3, -0.25) is 4.18 Å². The van der Waals surface area contributed by atoms with Gasteiger partial charge in [0, 0.05) is 21.1 Å². The molecule has 0 spiro atoms. The first-order valence-electron chi connectivity index (χ1n) is 14.9. The number of hydrogen-bond donors (Lipinski definition) is 1. The van der Waals surface area contributed by atoms with Crippen LogP contribution < -0.4 is 4.74 Å². The van der Waals surface area contributed by atoms with E-state index in [1.807, 2.05) is 6.07 Å². The minimum absolute atomic E-state index is 0.0677. The topological polar surface area (TPSA) is 72.8 Å². The summed E-state index contributed by atoms with van der Waals surface area (Å²) in [5.41, 5.74) is 0.711. The molecule has 0 aromatic heterocycles. The van der Waals surface area contributed by atoms with Gasteiger partial charge in [-0.25, -0.2) is 8.78 Å². The lowest BCUT2D eigenvalue weighted by Crippen LogP contribution is -2.30. The summed E-state index contributed by atoms with van der Waals surface area (Å²) in [5.74, 6) is 1.33. The molecule has 1 N–H and O–H groups in total.